The van der Waals surface area contributed by atoms with Gasteiger partial charge in [0.05, 0.1) is 6.61 Å². The van der Waals surface area contributed by atoms with E-state index in [-0.39, 0.29) is 6.61 Å². The number of rotatable bonds is 4. The van der Waals surface area contributed by atoms with Gasteiger partial charge in [0.25, 0.3) is 0 Å². The highest BCUT2D eigenvalue weighted by molar-refractivity contribution is 7.87. The Morgan fingerprint density at radius 1 is 1.18 bits per heavy atom. The molecule has 0 aliphatic carbocycles. The number of halogens is 3. The first kappa shape index (κ1) is 13.8. The third-order valence-electron chi connectivity index (χ3n) is 1.72. The predicted molar refractivity (Wildman–Crippen MR) is 52.8 cm³/mol. The molecule has 0 bridgehead atoms. The summed E-state index contributed by atoms with van der Waals surface area (Å²) >= 11 is 0. The Hall–Kier alpha value is -1.28. The van der Waals surface area contributed by atoms with Crippen molar-refractivity contribution in [2.75, 3.05) is 7.11 Å². The molecule has 8 heteroatoms. The van der Waals surface area contributed by atoms with E-state index in [0.29, 0.717) is 5.56 Å². The Morgan fingerprint density at radius 3 is 2.12 bits per heavy atom. The lowest BCUT2D eigenvalue weighted by molar-refractivity contribution is -0.0500. The maximum Gasteiger partial charge on any atom is 0.534 e. The minimum absolute atomic E-state index is 0.270. The number of ether oxygens (including phenoxy) is 1. The molecule has 0 N–H and O–H groups in total. The van der Waals surface area contributed by atoms with Crippen LogP contribution in [-0.4, -0.2) is 21.0 Å². The van der Waals surface area contributed by atoms with E-state index >= 15 is 0 Å². The van der Waals surface area contributed by atoms with Gasteiger partial charge in [-0.3, -0.25) is 0 Å². The van der Waals surface area contributed by atoms with Gasteiger partial charge in [0.2, 0.25) is 0 Å². The van der Waals surface area contributed by atoms with Gasteiger partial charge in [-0.1, -0.05) is 12.1 Å². The standard InChI is InChI=1S/C9H9F3O4S/c1-15-6-7-2-4-8(5-3-7)16-17(13,14)9(10,11)12/h2-5H,6H2,1H3. The fraction of sp³-hybridized carbons (Fsp3) is 0.333. The van der Waals surface area contributed by atoms with Crippen LogP contribution in [0.2, 0.25) is 0 Å². The zero-order chi connectivity index (χ0) is 13.1. The molecule has 0 aromatic heterocycles. The molecule has 0 aliphatic heterocycles. The molecule has 0 spiro atoms. The Morgan fingerprint density at radius 2 is 1.71 bits per heavy atom. The minimum Gasteiger partial charge on any atom is -0.380 e. The van der Waals surface area contributed by atoms with Gasteiger partial charge < -0.3 is 8.92 Å². The van der Waals surface area contributed by atoms with Crippen LogP contribution in [0.15, 0.2) is 24.3 Å². The van der Waals surface area contributed by atoms with Crippen LogP contribution >= 0.6 is 0 Å². The van der Waals surface area contributed by atoms with E-state index < -0.39 is 21.4 Å². The molecule has 1 aromatic rings. The Bertz CT molecular complexity index is 464. The van der Waals surface area contributed by atoms with Gasteiger partial charge in [-0.05, 0) is 17.7 Å². The zero-order valence-corrected chi connectivity index (χ0v) is 9.51. The molecule has 17 heavy (non-hydrogen) atoms. The van der Waals surface area contributed by atoms with E-state index in [0.717, 1.165) is 12.1 Å². The smallest absolute Gasteiger partial charge is 0.380 e. The number of benzene rings is 1. The summed E-state index contributed by atoms with van der Waals surface area (Å²) in [5.41, 5.74) is -4.75. The summed E-state index contributed by atoms with van der Waals surface area (Å²) in [7, 11) is -4.15. The molecular formula is C9H9F3O4S. The molecule has 0 saturated heterocycles. The molecule has 1 rings (SSSR count). The monoisotopic (exact) mass is 270 g/mol. The minimum atomic E-state index is -5.61. The van der Waals surface area contributed by atoms with Crippen LogP contribution in [0, 0.1) is 0 Å². The largest absolute Gasteiger partial charge is 0.534 e. The third-order valence-corrected chi connectivity index (χ3v) is 2.70. The average Bonchev–Trinajstić information content (AvgIpc) is 2.19. The van der Waals surface area contributed by atoms with E-state index in [1.54, 1.807) is 0 Å². The van der Waals surface area contributed by atoms with Crippen LogP contribution in [0.3, 0.4) is 0 Å². The van der Waals surface area contributed by atoms with E-state index in [9.17, 15) is 21.6 Å². The first-order chi connectivity index (χ1) is 7.76. The summed E-state index contributed by atoms with van der Waals surface area (Å²) in [5.74, 6) is -0.401. The molecule has 0 radical (unpaired) electrons. The first-order valence-corrected chi connectivity index (χ1v) is 5.76. The van der Waals surface area contributed by atoms with Crippen molar-refractivity contribution in [2.24, 2.45) is 0 Å². The van der Waals surface area contributed by atoms with Crippen LogP contribution < -0.4 is 4.18 Å². The lowest BCUT2D eigenvalue weighted by Gasteiger charge is -2.09. The number of methoxy groups -OCH3 is 1. The maximum atomic E-state index is 12.0. The highest BCUT2D eigenvalue weighted by Crippen LogP contribution is 2.26. The molecule has 0 saturated carbocycles. The fourth-order valence-corrected chi connectivity index (χ4v) is 1.44. The zero-order valence-electron chi connectivity index (χ0n) is 8.69. The van der Waals surface area contributed by atoms with Crippen LogP contribution in [0.4, 0.5) is 13.2 Å². The van der Waals surface area contributed by atoms with Gasteiger partial charge in [-0.25, -0.2) is 0 Å². The van der Waals surface area contributed by atoms with Crippen molar-refractivity contribution in [2.45, 2.75) is 12.1 Å². The first-order valence-electron chi connectivity index (χ1n) is 4.35. The summed E-state index contributed by atoms with van der Waals surface area (Å²) in [6, 6.07) is 5.06. The Labute approximate surface area is 96.1 Å². The van der Waals surface area contributed by atoms with Crippen molar-refractivity contribution in [1.29, 1.82) is 0 Å². The van der Waals surface area contributed by atoms with E-state index in [1.165, 1.54) is 19.2 Å². The van der Waals surface area contributed by atoms with Gasteiger partial charge in [-0.15, -0.1) is 0 Å². The summed E-state index contributed by atoms with van der Waals surface area (Å²) in [6.45, 7) is 0.270. The Balaban J connectivity index is 2.83. The highest BCUT2D eigenvalue weighted by Gasteiger charge is 2.48. The normalized spacial score (nSPS) is 12.5. The molecule has 0 unspecified atom stereocenters. The van der Waals surface area contributed by atoms with Crippen LogP contribution in [0.25, 0.3) is 0 Å². The lowest BCUT2D eigenvalue weighted by Crippen LogP contribution is -2.28. The molecule has 1 aromatic carbocycles. The topological polar surface area (TPSA) is 52.6 Å². The maximum absolute atomic E-state index is 12.0. The average molecular weight is 270 g/mol. The molecule has 0 aliphatic rings. The fourth-order valence-electron chi connectivity index (χ4n) is 0.982. The molecule has 0 atom stereocenters. The lowest BCUT2D eigenvalue weighted by atomic mass is 10.2. The van der Waals surface area contributed by atoms with Crippen molar-refractivity contribution in [1.82, 2.24) is 0 Å². The number of alkyl halides is 3. The van der Waals surface area contributed by atoms with Crippen LogP contribution in [-0.2, 0) is 21.5 Å². The molecule has 0 heterocycles. The van der Waals surface area contributed by atoms with Gasteiger partial charge in [-0.2, -0.15) is 21.6 Å². The van der Waals surface area contributed by atoms with Crippen LogP contribution in [0.5, 0.6) is 5.75 Å². The van der Waals surface area contributed by atoms with Gasteiger partial charge in [0.1, 0.15) is 5.75 Å². The van der Waals surface area contributed by atoms with E-state index in [2.05, 4.69) is 4.18 Å². The number of hydrogen-bond acceptors (Lipinski definition) is 4. The summed E-state index contributed by atoms with van der Waals surface area (Å²) in [6.07, 6.45) is 0. The number of hydrogen-bond donors (Lipinski definition) is 0. The second-order valence-electron chi connectivity index (χ2n) is 3.06. The van der Waals surface area contributed by atoms with Gasteiger partial charge in [0.15, 0.2) is 0 Å². The van der Waals surface area contributed by atoms with Crippen molar-refractivity contribution >= 4 is 10.1 Å². The van der Waals surface area contributed by atoms with E-state index in [1.807, 2.05) is 0 Å². The third kappa shape index (κ3) is 3.60. The summed E-state index contributed by atoms with van der Waals surface area (Å²) in [5, 5.41) is 0. The highest BCUT2D eigenvalue weighted by atomic mass is 32.2. The molecule has 96 valence electrons. The van der Waals surface area contributed by atoms with Crippen LogP contribution in [0.1, 0.15) is 5.56 Å². The van der Waals surface area contributed by atoms with Crippen molar-refractivity contribution < 1.29 is 30.5 Å². The summed E-state index contributed by atoms with van der Waals surface area (Å²) < 4.78 is 66.0. The van der Waals surface area contributed by atoms with Crippen molar-refractivity contribution in [3.05, 3.63) is 29.8 Å². The molecule has 4 nitrogen and oxygen atoms in total. The Kier molecular flexibility index (Phi) is 3.99. The van der Waals surface area contributed by atoms with Crippen molar-refractivity contribution in [3.63, 3.8) is 0 Å². The van der Waals surface area contributed by atoms with Gasteiger partial charge in [0, 0.05) is 7.11 Å². The SMILES string of the molecule is COCc1ccc(OS(=O)(=O)C(F)(F)F)cc1. The molecule has 0 fully saturated rings. The second-order valence-corrected chi connectivity index (χ2v) is 4.60. The second kappa shape index (κ2) is 4.92. The van der Waals surface area contributed by atoms with Crippen molar-refractivity contribution in [3.8, 4) is 5.75 Å². The quantitative estimate of drug-likeness (QED) is 0.620. The summed E-state index contributed by atoms with van der Waals surface area (Å²) in [4.78, 5) is 0. The molecule has 0 amide bonds. The van der Waals surface area contributed by atoms with Gasteiger partial charge >= 0.3 is 15.6 Å². The molecular weight excluding hydrogens is 261 g/mol. The predicted octanol–water partition coefficient (Wildman–Crippen LogP) is 2.06. The van der Waals surface area contributed by atoms with E-state index in [4.69, 9.17) is 4.74 Å².